The zero-order chi connectivity index (χ0) is 32.6. The second-order valence-corrected chi connectivity index (χ2v) is 11.6. The maximum Gasteiger partial charge on any atom is 0.325 e. The summed E-state index contributed by atoms with van der Waals surface area (Å²) < 4.78 is 0. The molecule has 1 aromatic rings. The molecule has 0 saturated carbocycles. The van der Waals surface area contributed by atoms with E-state index in [-0.39, 0.29) is 24.0 Å². The monoisotopic (exact) mass is 616 g/mol. The molecule has 2 aliphatic heterocycles. The molecule has 44 heavy (non-hydrogen) atoms. The number of benzene rings is 1. The third-order valence-corrected chi connectivity index (χ3v) is 8.33. The van der Waals surface area contributed by atoms with E-state index in [9.17, 15) is 33.9 Å². The van der Waals surface area contributed by atoms with Crippen LogP contribution in [0.5, 0.6) is 5.75 Å². The average molecular weight is 617 g/mol. The number of nitrogens with two attached hydrogens (primary N) is 1. The van der Waals surface area contributed by atoms with E-state index in [1.807, 2.05) is 6.92 Å². The van der Waals surface area contributed by atoms with Crippen molar-refractivity contribution in [3.63, 3.8) is 0 Å². The van der Waals surface area contributed by atoms with Crippen molar-refractivity contribution in [2.75, 3.05) is 19.6 Å². The molecule has 14 heteroatoms. The smallest absolute Gasteiger partial charge is 0.325 e. The van der Waals surface area contributed by atoms with Crippen LogP contribution in [0, 0.1) is 5.92 Å². The van der Waals surface area contributed by atoms with E-state index in [2.05, 4.69) is 16.0 Å². The summed E-state index contributed by atoms with van der Waals surface area (Å²) in [4.78, 5) is 79.3. The number of carbonyl (C=O) groups excluding carboxylic acids is 5. The zero-order valence-electron chi connectivity index (χ0n) is 25.5. The molecular weight excluding hydrogens is 572 g/mol. The zero-order valence-corrected chi connectivity index (χ0v) is 25.5. The summed E-state index contributed by atoms with van der Waals surface area (Å²) in [5, 5.41) is 26.3. The summed E-state index contributed by atoms with van der Waals surface area (Å²) in [6.45, 7) is 5.22. The number of amides is 5. The van der Waals surface area contributed by atoms with Crippen molar-refractivity contribution in [3.05, 3.63) is 29.8 Å². The summed E-state index contributed by atoms with van der Waals surface area (Å²) in [6, 6.07) is 1.76. The first-order valence-corrected chi connectivity index (χ1v) is 15.1. The van der Waals surface area contributed by atoms with Crippen molar-refractivity contribution in [1.29, 1.82) is 0 Å². The fraction of sp³-hybridized carbons (Fsp3) is 0.600. The molecule has 0 radical (unpaired) electrons. The summed E-state index contributed by atoms with van der Waals surface area (Å²) in [6.07, 6.45) is 2.72. The number of aliphatic carboxylic acids is 1. The Balaban J connectivity index is 1.58. The molecule has 0 bridgehead atoms. The van der Waals surface area contributed by atoms with E-state index in [0.29, 0.717) is 45.2 Å². The average Bonchev–Trinajstić information content (AvgIpc) is 3.69. The van der Waals surface area contributed by atoms with Crippen LogP contribution in [0.3, 0.4) is 0 Å². The Bertz CT molecular complexity index is 1220. The molecule has 0 spiro atoms. The Morgan fingerprint density at radius 2 is 1.48 bits per heavy atom. The molecular formula is C30H44N6O8. The largest absolute Gasteiger partial charge is 0.508 e. The van der Waals surface area contributed by atoms with Gasteiger partial charge < -0.3 is 41.7 Å². The minimum atomic E-state index is -1.19. The number of hydrogen-bond acceptors (Lipinski definition) is 8. The van der Waals surface area contributed by atoms with Crippen LogP contribution in [-0.2, 0) is 35.2 Å². The maximum atomic E-state index is 13.6. The molecule has 242 valence electrons. The van der Waals surface area contributed by atoms with Crippen LogP contribution in [0.15, 0.2) is 24.3 Å². The van der Waals surface area contributed by atoms with Gasteiger partial charge >= 0.3 is 5.97 Å². The van der Waals surface area contributed by atoms with Crippen LogP contribution in [0.1, 0.15) is 58.4 Å². The fourth-order valence-corrected chi connectivity index (χ4v) is 5.54. The molecule has 3 rings (SSSR count). The van der Waals surface area contributed by atoms with Gasteiger partial charge in [0, 0.05) is 13.1 Å². The van der Waals surface area contributed by atoms with Gasteiger partial charge in [0.2, 0.25) is 29.5 Å². The van der Waals surface area contributed by atoms with E-state index >= 15 is 0 Å². The highest BCUT2D eigenvalue weighted by Crippen LogP contribution is 2.22. The molecule has 0 aromatic heterocycles. The van der Waals surface area contributed by atoms with Gasteiger partial charge in [-0.25, -0.2) is 0 Å². The van der Waals surface area contributed by atoms with Gasteiger partial charge in [-0.05, 0) is 62.6 Å². The highest BCUT2D eigenvalue weighted by Gasteiger charge is 2.40. The minimum absolute atomic E-state index is 0.101. The number of aromatic hydroxyl groups is 1. The van der Waals surface area contributed by atoms with Crippen molar-refractivity contribution in [2.45, 2.75) is 89.5 Å². The number of rotatable bonds is 13. The van der Waals surface area contributed by atoms with Gasteiger partial charge in [-0.15, -0.1) is 0 Å². The Hall–Kier alpha value is -4.20. The van der Waals surface area contributed by atoms with Gasteiger partial charge in [-0.2, -0.15) is 0 Å². The molecule has 6 atom stereocenters. The van der Waals surface area contributed by atoms with E-state index in [1.54, 1.807) is 19.1 Å². The topological polar surface area (TPSA) is 211 Å². The van der Waals surface area contributed by atoms with Gasteiger partial charge in [0.1, 0.15) is 29.9 Å². The lowest BCUT2D eigenvalue weighted by atomic mass is 9.97. The number of nitrogens with zero attached hydrogens (tertiary/aromatic N) is 2. The van der Waals surface area contributed by atoms with Gasteiger partial charge in [0.15, 0.2) is 0 Å². The molecule has 2 aliphatic rings. The van der Waals surface area contributed by atoms with Crippen molar-refractivity contribution >= 4 is 35.5 Å². The number of phenols is 1. The normalized spacial score (nSPS) is 20.7. The van der Waals surface area contributed by atoms with Crippen molar-refractivity contribution in [3.8, 4) is 5.75 Å². The third-order valence-electron chi connectivity index (χ3n) is 8.33. The van der Waals surface area contributed by atoms with E-state index in [1.165, 1.54) is 28.9 Å². The summed E-state index contributed by atoms with van der Waals surface area (Å²) in [5.41, 5.74) is 6.92. The Morgan fingerprint density at radius 3 is 2.05 bits per heavy atom. The first kappa shape index (κ1) is 34.3. The lowest BCUT2D eigenvalue weighted by Crippen LogP contribution is -2.58. The van der Waals surface area contributed by atoms with Crippen LogP contribution < -0.4 is 21.7 Å². The summed E-state index contributed by atoms with van der Waals surface area (Å²) in [5.74, 6) is -3.88. The second-order valence-electron chi connectivity index (χ2n) is 11.6. The molecule has 2 saturated heterocycles. The van der Waals surface area contributed by atoms with E-state index in [4.69, 9.17) is 10.8 Å². The predicted octanol–water partition coefficient (Wildman–Crippen LogP) is -0.520. The molecule has 2 fully saturated rings. The lowest BCUT2D eigenvalue weighted by Gasteiger charge is -2.31. The van der Waals surface area contributed by atoms with Crippen LogP contribution in [0.2, 0.25) is 0 Å². The van der Waals surface area contributed by atoms with Crippen LogP contribution in [0.4, 0.5) is 0 Å². The lowest BCUT2D eigenvalue weighted by molar-refractivity contribution is -0.145. The van der Waals surface area contributed by atoms with E-state index < -0.39 is 66.4 Å². The number of carbonyl (C=O) groups is 6. The molecule has 6 unspecified atom stereocenters. The minimum Gasteiger partial charge on any atom is -0.508 e. The first-order chi connectivity index (χ1) is 20.8. The Morgan fingerprint density at radius 1 is 0.909 bits per heavy atom. The van der Waals surface area contributed by atoms with Gasteiger partial charge in [0.05, 0.1) is 12.6 Å². The molecule has 7 N–H and O–H groups in total. The fourth-order valence-electron chi connectivity index (χ4n) is 5.54. The highest BCUT2D eigenvalue weighted by atomic mass is 16.4. The second kappa shape index (κ2) is 15.5. The number of carboxylic acids is 1. The van der Waals surface area contributed by atoms with Crippen molar-refractivity contribution < 1.29 is 39.0 Å². The number of phenolic OH excluding ortho intramolecular Hbond substituents is 1. The molecule has 5 amide bonds. The van der Waals surface area contributed by atoms with Gasteiger partial charge in [-0.3, -0.25) is 28.8 Å². The summed E-state index contributed by atoms with van der Waals surface area (Å²) in [7, 11) is 0. The van der Waals surface area contributed by atoms with Gasteiger partial charge in [-0.1, -0.05) is 32.4 Å². The third kappa shape index (κ3) is 8.68. The predicted molar refractivity (Wildman–Crippen MR) is 159 cm³/mol. The Kier molecular flexibility index (Phi) is 12.1. The number of nitrogens with one attached hydrogen (secondary N) is 3. The number of likely N-dealkylation sites (tertiary alicyclic amines) is 2. The van der Waals surface area contributed by atoms with Crippen LogP contribution in [0.25, 0.3) is 0 Å². The SMILES string of the molecule is CCC(C)C(NC(=O)CNC(=O)C1CCCN1C(=O)C(N)Cc1ccc(O)cc1)C(=O)N1CCCC1C(=O)NC(C)C(=O)O. The quantitative estimate of drug-likeness (QED) is 0.168. The molecule has 14 nitrogen and oxygen atoms in total. The number of hydrogen-bond donors (Lipinski definition) is 6. The maximum absolute atomic E-state index is 13.6. The standard InChI is InChI=1S/C30H44N6O8/c1-4-17(2)25(29(42)36-14-6-8-23(36)27(40)33-18(3)30(43)44)34-24(38)16-32-26(39)22-7-5-13-35(22)28(41)21(31)15-19-9-11-20(37)12-10-19/h9-12,17-18,21-23,25,37H,4-8,13-16,31H2,1-3H3,(H,32,39)(H,33,40)(H,34,38)(H,43,44). The Labute approximate surface area is 256 Å². The highest BCUT2D eigenvalue weighted by molar-refractivity contribution is 5.95. The van der Waals surface area contributed by atoms with Crippen LogP contribution >= 0.6 is 0 Å². The summed E-state index contributed by atoms with van der Waals surface area (Å²) >= 11 is 0. The van der Waals surface area contributed by atoms with E-state index in [0.717, 1.165) is 5.56 Å². The number of carboxylic acid groups (broad SMARTS) is 1. The molecule has 0 aliphatic carbocycles. The van der Waals surface area contributed by atoms with Crippen molar-refractivity contribution in [2.24, 2.45) is 11.7 Å². The van der Waals surface area contributed by atoms with Crippen LogP contribution in [-0.4, -0.2) is 105 Å². The first-order valence-electron chi connectivity index (χ1n) is 15.1. The van der Waals surface area contributed by atoms with Gasteiger partial charge in [0.25, 0.3) is 0 Å². The molecule has 2 heterocycles. The van der Waals surface area contributed by atoms with Crippen molar-refractivity contribution in [1.82, 2.24) is 25.8 Å². The molecule has 1 aromatic carbocycles.